The van der Waals surface area contributed by atoms with E-state index in [0.717, 1.165) is 0 Å². The summed E-state index contributed by atoms with van der Waals surface area (Å²) in [5.41, 5.74) is 0.467. The summed E-state index contributed by atoms with van der Waals surface area (Å²) in [5.74, 6) is -0.188. The molecule has 1 aromatic carbocycles. The summed E-state index contributed by atoms with van der Waals surface area (Å²) >= 11 is 0. The van der Waals surface area contributed by atoms with Crippen molar-refractivity contribution in [1.29, 1.82) is 10.5 Å². The van der Waals surface area contributed by atoms with Gasteiger partial charge in [0, 0.05) is 13.0 Å². The van der Waals surface area contributed by atoms with E-state index in [1.165, 1.54) is 25.1 Å². The maximum atomic E-state index is 10.6. The van der Waals surface area contributed by atoms with E-state index in [1.807, 2.05) is 12.1 Å². The predicted octanol–water partition coefficient (Wildman–Crippen LogP) is 1.36. The normalized spacial score (nSPS) is 8.50. The van der Waals surface area contributed by atoms with Gasteiger partial charge in [-0.2, -0.15) is 10.5 Å². The van der Waals surface area contributed by atoms with E-state index >= 15 is 0 Å². The van der Waals surface area contributed by atoms with Gasteiger partial charge < -0.3 is 4.74 Å². The van der Waals surface area contributed by atoms with Crippen LogP contribution in [0.4, 0.5) is 0 Å². The van der Waals surface area contributed by atoms with Crippen LogP contribution in [-0.4, -0.2) is 5.97 Å². The molecule has 0 aliphatic heterocycles. The number of nitriles is 2. The lowest BCUT2D eigenvalue weighted by atomic mass is 10.1. The van der Waals surface area contributed by atoms with Crippen LogP contribution in [0.25, 0.3) is 0 Å². The molecule has 0 amide bonds. The number of hydrogen-bond acceptors (Lipinski definition) is 4. The molecule has 0 N–H and O–H groups in total. The largest absolute Gasteiger partial charge is 0.427 e. The summed E-state index contributed by atoms with van der Waals surface area (Å²) in [7, 11) is 0. The SMILES string of the molecule is CC(=O)Oc1ccc(C#N)c(C#N)c1. The molecule has 0 spiro atoms. The zero-order chi connectivity index (χ0) is 10.6. The van der Waals surface area contributed by atoms with Gasteiger partial charge in [0.1, 0.15) is 17.9 Å². The minimum absolute atomic E-state index is 0.200. The molecule has 0 heterocycles. The van der Waals surface area contributed by atoms with Gasteiger partial charge in [-0.05, 0) is 12.1 Å². The molecule has 4 nitrogen and oxygen atoms in total. The monoisotopic (exact) mass is 186 g/mol. The molecule has 0 saturated heterocycles. The van der Waals surface area contributed by atoms with Gasteiger partial charge in [0.05, 0.1) is 11.1 Å². The zero-order valence-corrected chi connectivity index (χ0v) is 7.44. The highest BCUT2D eigenvalue weighted by molar-refractivity contribution is 5.69. The Hall–Kier alpha value is -2.33. The van der Waals surface area contributed by atoms with Crippen molar-refractivity contribution < 1.29 is 9.53 Å². The van der Waals surface area contributed by atoms with Crippen molar-refractivity contribution in [2.24, 2.45) is 0 Å². The Kier molecular flexibility index (Phi) is 2.83. The molecule has 1 aromatic rings. The second-order valence-electron chi connectivity index (χ2n) is 2.52. The van der Waals surface area contributed by atoms with Crippen LogP contribution in [0, 0.1) is 22.7 Å². The first-order chi connectivity index (χ1) is 6.67. The number of hydrogen-bond donors (Lipinski definition) is 0. The van der Waals surface area contributed by atoms with Crippen molar-refractivity contribution in [3.63, 3.8) is 0 Å². The molecule has 4 heteroatoms. The minimum atomic E-state index is -0.460. The third-order valence-corrected chi connectivity index (χ3v) is 1.49. The molecule has 14 heavy (non-hydrogen) atoms. The maximum absolute atomic E-state index is 10.6. The summed E-state index contributed by atoms with van der Waals surface area (Å²) in [5, 5.41) is 17.3. The first kappa shape index (κ1) is 9.76. The maximum Gasteiger partial charge on any atom is 0.308 e. The van der Waals surface area contributed by atoms with Crippen LogP contribution in [0.2, 0.25) is 0 Å². The summed E-state index contributed by atoms with van der Waals surface area (Å²) in [6.45, 7) is 1.27. The molecular formula is C10H6N2O2. The highest BCUT2D eigenvalue weighted by Crippen LogP contribution is 2.16. The molecular weight excluding hydrogens is 180 g/mol. The second kappa shape index (κ2) is 4.06. The Morgan fingerprint density at radius 1 is 1.29 bits per heavy atom. The van der Waals surface area contributed by atoms with Gasteiger partial charge in [-0.15, -0.1) is 0 Å². The van der Waals surface area contributed by atoms with Crippen LogP contribution < -0.4 is 4.74 Å². The molecule has 0 saturated carbocycles. The van der Waals surface area contributed by atoms with Crippen molar-refractivity contribution in [2.45, 2.75) is 6.92 Å². The number of ether oxygens (including phenoxy) is 1. The number of nitrogens with zero attached hydrogens (tertiary/aromatic N) is 2. The van der Waals surface area contributed by atoms with Crippen LogP contribution in [-0.2, 0) is 4.79 Å². The molecule has 0 atom stereocenters. The quantitative estimate of drug-likeness (QED) is 0.490. The third kappa shape index (κ3) is 2.09. The Labute approximate surface area is 81.0 Å². The average molecular weight is 186 g/mol. The molecule has 1 rings (SSSR count). The Balaban J connectivity index is 3.11. The molecule has 0 unspecified atom stereocenters. The molecule has 0 fully saturated rings. The van der Waals surface area contributed by atoms with E-state index in [2.05, 4.69) is 0 Å². The van der Waals surface area contributed by atoms with Gasteiger partial charge in [-0.25, -0.2) is 0 Å². The van der Waals surface area contributed by atoms with Gasteiger partial charge in [0.2, 0.25) is 0 Å². The van der Waals surface area contributed by atoms with Crippen LogP contribution in [0.3, 0.4) is 0 Å². The molecule has 0 aliphatic rings. The van der Waals surface area contributed by atoms with Crippen LogP contribution in [0.5, 0.6) is 5.75 Å². The van der Waals surface area contributed by atoms with E-state index in [0.29, 0.717) is 0 Å². The van der Waals surface area contributed by atoms with E-state index in [1.54, 1.807) is 0 Å². The Morgan fingerprint density at radius 2 is 1.93 bits per heavy atom. The van der Waals surface area contributed by atoms with Crippen LogP contribution >= 0.6 is 0 Å². The average Bonchev–Trinajstić information content (AvgIpc) is 2.16. The van der Waals surface area contributed by atoms with Crippen molar-refractivity contribution in [3.8, 4) is 17.9 Å². The van der Waals surface area contributed by atoms with E-state index in [-0.39, 0.29) is 16.9 Å². The molecule has 0 bridgehead atoms. The molecule has 0 aliphatic carbocycles. The van der Waals surface area contributed by atoms with Gasteiger partial charge in [0.15, 0.2) is 0 Å². The van der Waals surface area contributed by atoms with E-state index in [4.69, 9.17) is 15.3 Å². The molecule has 0 aromatic heterocycles. The summed E-state index contributed by atoms with van der Waals surface area (Å²) in [6.07, 6.45) is 0. The van der Waals surface area contributed by atoms with E-state index < -0.39 is 5.97 Å². The standard InChI is InChI=1S/C10H6N2O2/c1-7(13)14-10-3-2-8(5-11)9(4-10)6-12/h2-4H,1H3. The topological polar surface area (TPSA) is 73.9 Å². The summed E-state index contributed by atoms with van der Waals surface area (Å²) in [4.78, 5) is 10.6. The van der Waals surface area contributed by atoms with Gasteiger partial charge in [-0.3, -0.25) is 4.79 Å². The van der Waals surface area contributed by atoms with Crippen molar-refractivity contribution in [1.82, 2.24) is 0 Å². The lowest BCUT2D eigenvalue weighted by Crippen LogP contribution is -2.01. The minimum Gasteiger partial charge on any atom is -0.427 e. The van der Waals surface area contributed by atoms with Crippen molar-refractivity contribution >= 4 is 5.97 Å². The predicted molar refractivity (Wildman–Crippen MR) is 47.2 cm³/mol. The number of esters is 1. The first-order valence-electron chi connectivity index (χ1n) is 3.80. The van der Waals surface area contributed by atoms with Gasteiger partial charge in [-0.1, -0.05) is 0 Å². The van der Waals surface area contributed by atoms with Crippen LogP contribution in [0.15, 0.2) is 18.2 Å². The highest BCUT2D eigenvalue weighted by Gasteiger charge is 2.04. The Bertz CT molecular complexity index is 452. The van der Waals surface area contributed by atoms with Gasteiger partial charge >= 0.3 is 5.97 Å². The fourth-order valence-electron chi connectivity index (χ4n) is 0.943. The van der Waals surface area contributed by atoms with Gasteiger partial charge in [0.25, 0.3) is 0 Å². The smallest absolute Gasteiger partial charge is 0.308 e. The number of carbonyl (C=O) groups is 1. The Morgan fingerprint density at radius 3 is 2.43 bits per heavy atom. The number of benzene rings is 1. The highest BCUT2D eigenvalue weighted by atomic mass is 16.5. The zero-order valence-electron chi connectivity index (χ0n) is 7.44. The van der Waals surface area contributed by atoms with Crippen molar-refractivity contribution in [3.05, 3.63) is 29.3 Å². The lowest BCUT2D eigenvalue weighted by molar-refractivity contribution is -0.131. The molecule has 0 radical (unpaired) electrons. The van der Waals surface area contributed by atoms with Crippen molar-refractivity contribution in [2.75, 3.05) is 0 Å². The molecule has 68 valence electrons. The van der Waals surface area contributed by atoms with Crippen LogP contribution in [0.1, 0.15) is 18.1 Å². The third-order valence-electron chi connectivity index (χ3n) is 1.49. The van der Waals surface area contributed by atoms with E-state index in [9.17, 15) is 4.79 Å². The summed E-state index contributed by atoms with van der Waals surface area (Å²) < 4.78 is 4.76. The summed E-state index contributed by atoms with van der Waals surface area (Å²) in [6, 6.07) is 7.99. The second-order valence-corrected chi connectivity index (χ2v) is 2.52. The fraction of sp³-hybridized carbons (Fsp3) is 0.100. The first-order valence-corrected chi connectivity index (χ1v) is 3.80. The fourth-order valence-corrected chi connectivity index (χ4v) is 0.943. The number of rotatable bonds is 1. The lowest BCUT2D eigenvalue weighted by Gasteiger charge is -2.01. The number of carbonyl (C=O) groups excluding carboxylic acids is 1.